The Morgan fingerprint density at radius 1 is 0.667 bits per heavy atom. The summed E-state index contributed by atoms with van der Waals surface area (Å²) in [6.07, 6.45) is 3.96. The van der Waals surface area contributed by atoms with Crippen LogP contribution in [0.2, 0.25) is 0 Å². The summed E-state index contributed by atoms with van der Waals surface area (Å²) < 4.78 is 0. The second-order valence-electron chi connectivity index (χ2n) is 3.63. The molecule has 0 heterocycles. The highest BCUT2D eigenvalue weighted by molar-refractivity contribution is 4.52. The maximum absolute atomic E-state index is 2.30. The van der Waals surface area contributed by atoms with Crippen molar-refractivity contribution < 1.29 is 0 Å². The maximum Gasteiger partial charge on any atom is -0.0422 e. The van der Waals surface area contributed by atoms with Crippen LogP contribution in [0, 0.1) is 11.8 Å². The Labute approximate surface area is 101 Å². The van der Waals surface area contributed by atoms with Gasteiger partial charge in [-0.05, 0) is 11.8 Å². The highest BCUT2D eigenvalue weighted by atomic mass is 14.1. The lowest BCUT2D eigenvalue weighted by molar-refractivity contribution is 0.407. The van der Waals surface area contributed by atoms with Gasteiger partial charge in [0.1, 0.15) is 0 Å². The molecule has 0 aromatic rings. The molecule has 0 saturated carbocycles. The van der Waals surface area contributed by atoms with Gasteiger partial charge in [-0.15, -0.1) is 0 Å². The molecule has 15 heavy (non-hydrogen) atoms. The smallest absolute Gasteiger partial charge is 0.0422 e. The molecule has 0 rings (SSSR count). The van der Waals surface area contributed by atoms with Gasteiger partial charge in [-0.1, -0.05) is 88.5 Å². The minimum absolute atomic E-state index is 0.866. The molecule has 0 bridgehead atoms. The zero-order valence-corrected chi connectivity index (χ0v) is 13.3. The van der Waals surface area contributed by atoms with E-state index in [9.17, 15) is 0 Å². The molecule has 0 fully saturated rings. The van der Waals surface area contributed by atoms with E-state index in [1.54, 1.807) is 0 Å². The predicted molar refractivity (Wildman–Crippen MR) is 77.6 cm³/mol. The molecule has 0 saturated heterocycles. The molecule has 98 valence electrons. The standard InChI is InChI=1S/C7H16.C4H10.2C2H6/c1-5-7(4)6(2)3;1-3-4-2;2*1-2/h6-7H,5H2,1-4H3;3-4H2,1-2H3;2*1-2H3. The SMILES string of the molecule is CC.CC.CCC(C)C(C)C.CCCC. The Balaban J connectivity index is -0.0000000647. The van der Waals surface area contributed by atoms with E-state index in [4.69, 9.17) is 0 Å². The zero-order chi connectivity index (χ0) is 13.3. The summed E-state index contributed by atoms with van der Waals surface area (Å²) in [4.78, 5) is 0. The molecule has 0 aliphatic rings. The predicted octanol–water partition coefficient (Wildman–Crippen LogP) is 6.55. The van der Waals surface area contributed by atoms with E-state index < -0.39 is 0 Å². The fourth-order valence-electron chi connectivity index (χ4n) is 0.471. The number of unbranched alkanes of at least 4 members (excludes halogenated alkanes) is 1. The van der Waals surface area contributed by atoms with Crippen LogP contribution in [0.25, 0.3) is 0 Å². The van der Waals surface area contributed by atoms with Gasteiger partial charge in [-0.3, -0.25) is 0 Å². The second-order valence-corrected chi connectivity index (χ2v) is 3.63. The molecule has 0 spiro atoms. The number of rotatable bonds is 3. The minimum Gasteiger partial charge on any atom is -0.0683 e. The topological polar surface area (TPSA) is 0 Å². The lowest BCUT2D eigenvalue weighted by atomic mass is 9.96. The lowest BCUT2D eigenvalue weighted by Gasteiger charge is -2.10. The lowest BCUT2D eigenvalue weighted by Crippen LogP contribution is -2.00. The van der Waals surface area contributed by atoms with Gasteiger partial charge in [-0.25, -0.2) is 0 Å². The van der Waals surface area contributed by atoms with E-state index in [-0.39, 0.29) is 0 Å². The van der Waals surface area contributed by atoms with Gasteiger partial charge in [0.05, 0.1) is 0 Å². The van der Waals surface area contributed by atoms with E-state index in [0.717, 1.165) is 11.8 Å². The van der Waals surface area contributed by atoms with Gasteiger partial charge in [0.25, 0.3) is 0 Å². The fraction of sp³-hybridized carbons (Fsp3) is 1.00. The summed E-state index contributed by atoms with van der Waals surface area (Å²) in [5, 5.41) is 0. The normalized spacial score (nSPS) is 9.80. The molecule has 0 N–H and O–H groups in total. The molecule has 1 atom stereocenters. The summed E-state index contributed by atoms with van der Waals surface area (Å²) in [5.74, 6) is 1.77. The van der Waals surface area contributed by atoms with E-state index in [2.05, 4.69) is 41.5 Å². The van der Waals surface area contributed by atoms with E-state index >= 15 is 0 Å². The number of hydrogen-bond acceptors (Lipinski definition) is 0. The summed E-state index contributed by atoms with van der Waals surface area (Å²) >= 11 is 0. The fourth-order valence-corrected chi connectivity index (χ4v) is 0.471. The Morgan fingerprint density at radius 2 is 0.933 bits per heavy atom. The monoisotopic (exact) mass is 218 g/mol. The van der Waals surface area contributed by atoms with Crippen LogP contribution in [0.4, 0.5) is 0 Å². The van der Waals surface area contributed by atoms with Crippen molar-refractivity contribution in [3.8, 4) is 0 Å². The maximum atomic E-state index is 2.30. The molecule has 0 aliphatic carbocycles. The first-order chi connectivity index (χ1) is 7.09. The van der Waals surface area contributed by atoms with Gasteiger partial charge in [-0.2, -0.15) is 0 Å². The van der Waals surface area contributed by atoms with Crippen LogP contribution in [0.3, 0.4) is 0 Å². The Hall–Kier alpha value is 0. The first-order valence-electron chi connectivity index (χ1n) is 7.09. The van der Waals surface area contributed by atoms with Gasteiger partial charge < -0.3 is 0 Å². The zero-order valence-electron chi connectivity index (χ0n) is 13.3. The van der Waals surface area contributed by atoms with Crippen molar-refractivity contribution in [1.82, 2.24) is 0 Å². The molecule has 0 aromatic heterocycles. The third-order valence-corrected chi connectivity index (χ3v) is 2.28. The van der Waals surface area contributed by atoms with Crippen molar-refractivity contribution in [2.45, 2.75) is 88.5 Å². The van der Waals surface area contributed by atoms with Crippen LogP contribution in [0.1, 0.15) is 88.5 Å². The van der Waals surface area contributed by atoms with Crippen molar-refractivity contribution in [3.63, 3.8) is 0 Å². The summed E-state index contributed by atoms with van der Waals surface area (Å²) in [6, 6.07) is 0. The van der Waals surface area contributed by atoms with Gasteiger partial charge in [0.2, 0.25) is 0 Å². The third kappa shape index (κ3) is 41.1. The van der Waals surface area contributed by atoms with Gasteiger partial charge in [0.15, 0.2) is 0 Å². The average molecular weight is 218 g/mol. The van der Waals surface area contributed by atoms with E-state index in [1.807, 2.05) is 27.7 Å². The number of hydrogen-bond donors (Lipinski definition) is 0. The Kier molecular flexibility index (Phi) is 47.3. The van der Waals surface area contributed by atoms with Crippen molar-refractivity contribution >= 4 is 0 Å². The van der Waals surface area contributed by atoms with Crippen molar-refractivity contribution in [2.24, 2.45) is 11.8 Å². The largest absolute Gasteiger partial charge is 0.0683 e. The molecule has 1 unspecified atom stereocenters. The Morgan fingerprint density at radius 3 is 0.933 bits per heavy atom. The molecule has 0 radical (unpaired) electrons. The molecule has 0 amide bonds. The Bertz CT molecular complexity index is 53.1. The van der Waals surface area contributed by atoms with Crippen LogP contribution >= 0.6 is 0 Å². The van der Waals surface area contributed by atoms with Crippen LogP contribution in [0.15, 0.2) is 0 Å². The van der Waals surface area contributed by atoms with Crippen LogP contribution < -0.4 is 0 Å². The first-order valence-corrected chi connectivity index (χ1v) is 7.09. The minimum atomic E-state index is 0.866. The van der Waals surface area contributed by atoms with Crippen LogP contribution in [-0.2, 0) is 0 Å². The van der Waals surface area contributed by atoms with Gasteiger partial charge >= 0.3 is 0 Å². The van der Waals surface area contributed by atoms with Crippen molar-refractivity contribution in [2.75, 3.05) is 0 Å². The first kappa shape index (κ1) is 24.3. The second kappa shape index (κ2) is 29.2. The van der Waals surface area contributed by atoms with Crippen molar-refractivity contribution in [1.29, 1.82) is 0 Å². The highest BCUT2D eigenvalue weighted by Gasteiger charge is 2.01. The molecular weight excluding hydrogens is 180 g/mol. The van der Waals surface area contributed by atoms with Crippen molar-refractivity contribution in [3.05, 3.63) is 0 Å². The third-order valence-electron chi connectivity index (χ3n) is 2.28. The highest BCUT2D eigenvalue weighted by Crippen LogP contribution is 2.11. The summed E-state index contributed by atoms with van der Waals surface area (Å²) in [5.41, 5.74) is 0. The quantitative estimate of drug-likeness (QED) is 0.504. The molecule has 0 nitrogen and oxygen atoms in total. The summed E-state index contributed by atoms with van der Waals surface area (Å²) in [7, 11) is 0. The summed E-state index contributed by atoms with van der Waals surface area (Å²) in [6.45, 7) is 21.4. The van der Waals surface area contributed by atoms with Crippen LogP contribution in [-0.4, -0.2) is 0 Å². The molecule has 0 aliphatic heterocycles. The molecular formula is C15H38. The molecule has 0 aromatic carbocycles. The average Bonchev–Trinajstić information content (AvgIpc) is 2.33. The van der Waals surface area contributed by atoms with E-state index in [0.29, 0.717) is 0 Å². The van der Waals surface area contributed by atoms with Crippen LogP contribution in [0.5, 0.6) is 0 Å². The van der Waals surface area contributed by atoms with Gasteiger partial charge in [0, 0.05) is 0 Å². The molecule has 0 heteroatoms. The van der Waals surface area contributed by atoms with E-state index in [1.165, 1.54) is 19.3 Å².